The van der Waals surface area contributed by atoms with Crippen LogP contribution in [0, 0.1) is 0 Å². The minimum absolute atomic E-state index is 0.00642. The largest absolute Gasteiger partial charge is 0.392 e. The van der Waals surface area contributed by atoms with Crippen LogP contribution in [-0.2, 0) is 28.7 Å². The van der Waals surface area contributed by atoms with Crippen LogP contribution in [0.2, 0.25) is 0 Å². The number of hydrogen-bond acceptors (Lipinski definition) is 8. The van der Waals surface area contributed by atoms with Crippen LogP contribution in [0.3, 0.4) is 0 Å². The predicted molar refractivity (Wildman–Crippen MR) is 96.2 cm³/mol. The summed E-state index contributed by atoms with van der Waals surface area (Å²) >= 11 is 0. The third kappa shape index (κ3) is 15.7. The summed E-state index contributed by atoms with van der Waals surface area (Å²) in [6, 6.07) is 0. The minimum atomic E-state index is -0.614. The average Bonchev–Trinajstić information content (AvgIpc) is 2.59. The Bertz CT molecular complexity index is 399. The first-order valence-electron chi connectivity index (χ1n) is 9.38. The number of unbranched alkanes of at least 4 members (excludes halogenated alkanes) is 3. The van der Waals surface area contributed by atoms with Crippen molar-refractivity contribution in [3.63, 3.8) is 0 Å². The lowest BCUT2D eigenvalue weighted by Crippen LogP contribution is -2.27. The van der Waals surface area contributed by atoms with E-state index in [1.54, 1.807) is 0 Å². The van der Waals surface area contributed by atoms with Crippen molar-refractivity contribution in [1.82, 2.24) is 10.6 Å². The smallest absolute Gasteiger partial charge is 0.327 e. The van der Waals surface area contributed by atoms with Crippen LogP contribution >= 0.6 is 0 Å². The van der Waals surface area contributed by atoms with Crippen molar-refractivity contribution in [1.29, 1.82) is 0 Å². The van der Waals surface area contributed by atoms with E-state index in [0.717, 1.165) is 25.7 Å². The van der Waals surface area contributed by atoms with Crippen molar-refractivity contribution in [3.8, 4) is 0 Å². The zero-order valence-corrected chi connectivity index (χ0v) is 15.9. The Morgan fingerprint density at radius 1 is 0.615 bits per heavy atom. The van der Waals surface area contributed by atoms with Gasteiger partial charge in [-0.15, -0.1) is 0 Å². The van der Waals surface area contributed by atoms with E-state index in [0.29, 0.717) is 25.9 Å². The summed E-state index contributed by atoms with van der Waals surface area (Å²) in [5.74, 6) is -2.44. The molecule has 0 spiro atoms. The summed E-state index contributed by atoms with van der Waals surface area (Å²) in [6.45, 7) is 5.50. The second kappa shape index (κ2) is 16.7. The van der Waals surface area contributed by atoms with Crippen LogP contribution in [0.4, 0.5) is 0 Å². The fourth-order valence-electron chi connectivity index (χ4n) is 1.95. The van der Waals surface area contributed by atoms with Gasteiger partial charge in [0.15, 0.2) is 0 Å². The quantitative estimate of drug-likeness (QED) is 0.253. The van der Waals surface area contributed by atoms with E-state index < -0.39 is 23.9 Å². The maximum atomic E-state index is 11.5. The zero-order chi connectivity index (χ0) is 19.6. The summed E-state index contributed by atoms with van der Waals surface area (Å²) < 4.78 is 9.29. The number of esters is 4. The van der Waals surface area contributed by atoms with Crippen molar-refractivity contribution in [2.75, 3.05) is 26.2 Å². The molecule has 0 fully saturated rings. The Balaban J connectivity index is 3.64. The molecular weight excluding hydrogens is 340 g/mol. The van der Waals surface area contributed by atoms with Gasteiger partial charge in [-0.25, -0.2) is 0 Å². The fraction of sp³-hybridized carbons (Fsp3) is 0.778. The molecular formula is C18H32N2O6. The monoisotopic (exact) mass is 372 g/mol. The van der Waals surface area contributed by atoms with E-state index in [1.807, 2.05) is 13.8 Å². The van der Waals surface area contributed by atoms with E-state index >= 15 is 0 Å². The highest BCUT2D eigenvalue weighted by molar-refractivity contribution is 5.87. The zero-order valence-electron chi connectivity index (χ0n) is 15.9. The van der Waals surface area contributed by atoms with Crippen LogP contribution in [0.15, 0.2) is 0 Å². The van der Waals surface area contributed by atoms with E-state index in [2.05, 4.69) is 20.1 Å². The Hall–Kier alpha value is -1.80. The Labute approximate surface area is 155 Å². The number of carbonyl (C=O) groups excluding carboxylic acids is 4. The van der Waals surface area contributed by atoms with Crippen LogP contribution in [0.1, 0.15) is 65.2 Å². The van der Waals surface area contributed by atoms with Crippen LogP contribution in [0.5, 0.6) is 0 Å². The molecule has 2 N–H and O–H groups in total. The molecule has 0 heterocycles. The summed E-state index contributed by atoms with van der Waals surface area (Å²) in [7, 11) is 0. The number of ether oxygens (including phenoxy) is 2. The van der Waals surface area contributed by atoms with Crippen molar-refractivity contribution in [3.05, 3.63) is 0 Å². The molecule has 0 rings (SSSR count). The molecule has 0 aliphatic carbocycles. The van der Waals surface area contributed by atoms with E-state index in [-0.39, 0.29) is 25.9 Å². The Morgan fingerprint density at radius 2 is 1.00 bits per heavy atom. The van der Waals surface area contributed by atoms with Crippen LogP contribution in [-0.4, -0.2) is 50.1 Å². The lowest BCUT2D eigenvalue weighted by atomic mass is 10.2. The molecule has 150 valence electrons. The average molecular weight is 372 g/mol. The van der Waals surface area contributed by atoms with Crippen LogP contribution in [0.25, 0.3) is 0 Å². The fourth-order valence-corrected chi connectivity index (χ4v) is 1.95. The van der Waals surface area contributed by atoms with Crippen molar-refractivity contribution >= 4 is 23.9 Å². The molecule has 0 saturated carbocycles. The lowest BCUT2D eigenvalue weighted by molar-refractivity contribution is -0.161. The molecule has 0 radical (unpaired) electrons. The maximum Gasteiger partial charge on any atom is 0.327 e. The number of nitrogens with one attached hydrogen (secondary N) is 2. The Kier molecular flexibility index (Phi) is 15.5. The van der Waals surface area contributed by atoms with Crippen molar-refractivity contribution in [2.24, 2.45) is 0 Å². The SMILES string of the molecule is CCCCNCC(=O)OC(=O)CCCCC(=O)OC(=O)CNCCCC. The molecule has 0 saturated heterocycles. The first-order chi connectivity index (χ1) is 12.5. The Morgan fingerprint density at radius 3 is 1.35 bits per heavy atom. The second-order valence-electron chi connectivity index (χ2n) is 5.96. The van der Waals surface area contributed by atoms with Gasteiger partial charge in [-0.2, -0.15) is 0 Å². The summed E-state index contributed by atoms with van der Waals surface area (Å²) in [5.41, 5.74) is 0. The maximum absolute atomic E-state index is 11.5. The van der Waals surface area contributed by atoms with Gasteiger partial charge in [-0.3, -0.25) is 19.2 Å². The number of carbonyl (C=O) groups is 4. The first kappa shape index (κ1) is 24.2. The molecule has 0 aromatic rings. The van der Waals surface area contributed by atoms with Gasteiger partial charge in [0.05, 0.1) is 13.1 Å². The second-order valence-corrected chi connectivity index (χ2v) is 5.96. The molecule has 0 aliphatic heterocycles. The third-order valence-electron chi connectivity index (χ3n) is 3.42. The van der Waals surface area contributed by atoms with Gasteiger partial charge in [-0.05, 0) is 38.8 Å². The summed E-state index contributed by atoms with van der Waals surface area (Å²) in [4.78, 5) is 45.7. The minimum Gasteiger partial charge on any atom is -0.392 e. The lowest BCUT2D eigenvalue weighted by Gasteiger charge is -2.05. The normalized spacial score (nSPS) is 10.4. The highest BCUT2D eigenvalue weighted by Crippen LogP contribution is 2.03. The molecule has 0 unspecified atom stereocenters. The standard InChI is InChI=1S/C18H32N2O6/c1-3-5-11-19-13-17(23)25-15(21)9-7-8-10-16(22)26-18(24)14-20-12-6-4-2/h19-20H,3-14H2,1-2H3. The van der Waals surface area contributed by atoms with E-state index in [4.69, 9.17) is 0 Å². The van der Waals surface area contributed by atoms with Gasteiger partial charge in [0.25, 0.3) is 0 Å². The summed E-state index contributed by atoms with van der Waals surface area (Å²) in [5, 5.41) is 5.78. The molecule has 0 aromatic carbocycles. The van der Waals surface area contributed by atoms with Gasteiger partial charge in [-0.1, -0.05) is 26.7 Å². The molecule has 8 heteroatoms. The van der Waals surface area contributed by atoms with Crippen LogP contribution < -0.4 is 10.6 Å². The summed E-state index contributed by atoms with van der Waals surface area (Å²) in [6.07, 6.45) is 4.79. The first-order valence-corrected chi connectivity index (χ1v) is 9.38. The molecule has 0 aliphatic rings. The third-order valence-corrected chi connectivity index (χ3v) is 3.42. The van der Waals surface area contributed by atoms with E-state index in [9.17, 15) is 19.2 Å². The van der Waals surface area contributed by atoms with Gasteiger partial charge >= 0.3 is 23.9 Å². The van der Waals surface area contributed by atoms with Gasteiger partial charge in [0, 0.05) is 12.8 Å². The van der Waals surface area contributed by atoms with Gasteiger partial charge < -0.3 is 20.1 Å². The van der Waals surface area contributed by atoms with Crippen molar-refractivity contribution < 1.29 is 28.7 Å². The predicted octanol–water partition coefficient (Wildman–Crippen LogP) is 1.47. The number of rotatable bonds is 15. The molecule has 0 aromatic heterocycles. The molecule has 26 heavy (non-hydrogen) atoms. The molecule has 0 bridgehead atoms. The molecule has 8 nitrogen and oxygen atoms in total. The molecule has 0 atom stereocenters. The van der Waals surface area contributed by atoms with E-state index in [1.165, 1.54) is 0 Å². The van der Waals surface area contributed by atoms with Gasteiger partial charge in [0.2, 0.25) is 0 Å². The van der Waals surface area contributed by atoms with Crippen molar-refractivity contribution in [2.45, 2.75) is 65.2 Å². The highest BCUT2D eigenvalue weighted by Gasteiger charge is 2.12. The van der Waals surface area contributed by atoms with Gasteiger partial charge in [0.1, 0.15) is 0 Å². The highest BCUT2D eigenvalue weighted by atomic mass is 16.6. The topological polar surface area (TPSA) is 111 Å². The number of hydrogen-bond donors (Lipinski definition) is 2. The molecule has 0 amide bonds.